The van der Waals surface area contributed by atoms with Gasteiger partial charge in [-0.15, -0.1) is 9.05 Å². The lowest BCUT2D eigenvalue weighted by molar-refractivity contribution is 0.198. The lowest BCUT2D eigenvalue weighted by atomic mass is 10.1. The van der Waals surface area contributed by atoms with E-state index in [-0.39, 0.29) is 0 Å². The van der Waals surface area contributed by atoms with Gasteiger partial charge in [-0.3, -0.25) is 0 Å². The molecular weight excluding hydrogens is 187 g/mol. The third-order valence-corrected chi connectivity index (χ3v) is 2.61. The van der Waals surface area contributed by atoms with Crippen molar-refractivity contribution in [3.8, 4) is 0 Å². The zero-order valence-electron chi connectivity index (χ0n) is 8.78. The Morgan fingerprint density at radius 2 is 2.00 bits per heavy atom. The molecule has 4 heteroatoms. The summed E-state index contributed by atoms with van der Waals surface area (Å²) in [6, 6.07) is 0. The highest BCUT2D eigenvalue weighted by atomic mass is 31.1. The van der Waals surface area contributed by atoms with Gasteiger partial charge in [0.1, 0.15) is 13.2 Å². The highest BCUT2D eigenvalue weighted by Gasteiger charge is 2.20. The average molecular weight is 207 g/mol. The molecule has 0 saturated heterocycles. The van der Waals surface area contributed by atoms with Gasteiger partial charge in [-0.1, -0.05) is 33.6 Å². The van der Waals surface area contributed by atoms with Crippen molar-refractivity contribution in [3.63, 3.8) is 0 Å². The number of hydrogen-bond donors (Lipinski definition) is 0. The van der Waals surface area contributed by atoms with E-state index in [0.717, 1.165) is 19.3 Å². The van der Waals surface area contributed by atoms with Crippen molar-refractivity contribution < 1.29 is 13.6 Å². The molecule has 3 nitrogen and oxygen atoms in total. The fraction of sp³-hybridized carbons (Fsp3) is 1.00. The standard InChI is InChI=1S/C9H20O3P/c1-4-6-7-11-13(10)12-8-9(3)5-2/h9H,4-8H2,1-3H3/q+1. The molecule has 0 bridgehead atoms. The zero-order valence-corrected chi connectivity index (χ0v) is 9.68. The smallest absolute Gasteiger partial charge is 0.119 e. The van der Waals surface area contributed by atoms with E-state index >= 15 is 0 Å². The van der Waals surface area contributed by atoms with Crippen LogP contribution in [-0.4, -0.2) is 13.2 Å². The molecule has 0 aromatic heterocycles. The highest BCUT2D eigenvalue weighted by molar-refractivity contribution is 7.33. The molecule has 0 aliphatic carbocycles. The predicted octanol–water partition coefficient (Wildman–Crippen LogP) is 3.52. The molecule has 0 aromatic carbocycles. The second-order valence-corrected chi connectivity index (χ2v) is 4.18. The fourth-order valence-corrected chi connectivity index (χ4v) is 1.36. The van der Waals surface area contributed by atoms with Crippen LogP contribution in [0.1, 0.15) is 40.0 Å². The molecule has 0 radical (unpaired) electrons. The molecule has 0 heterocycles. The molecule has 0 amide bonds. The third kappa shape index (κ3) is 8.35. The van der Waals surface area contributed by atoms with Crippen LogP contribution in [0.3, 0.4) is 0 Å². The minimum absolute atomic E-state index is 0.453. The van der Waals surface area contributed by atoms with Crippen LogP contribution in [0.2, 0.25) is 0 Å². The van der Waals surface area contributed by atoms with E-state index in [4.69, 9.17) is 9.05 Å². The zero-order chi connectivity index (χ0) is 10.1. The van der Waals surface area contributed by atoms with Crippen molar-refractivity contribution in [2.45, 2.75) is 40.0 Å². The van der Waals surface area contributed by atoms with E-state index in [0.29, 0.717) is 19.1 Å². The van der Waals surface area contributed by atoms with Crippen molar-refractivity contribution >= 4 is 8.25 Å². The monoisotopic (exact) mass is 207 g/mol. The van der Waals surface area contributed by atoms with E-state index in [1.54, 1.807) is 0 Å². The van der Waals surface area contributed by atoms with Crippen LogP contribution in [0, 0.1) is 5.92 Å². The Balaban J connectivity index is 3.30. The summed E-state index contributed by atoms with van der Waals surface area (Å²) < 4.78 is 21.0. The average Bonchev–Trinajstić information content (AvgIpc) is 2.14. The van der Waals surface area contributed by atoms with Gasteiger partial charge in [-0.2, -0.15) is 0 Å². The summed E-state index contributed by atoms with van der Waals surface area (Å²) in [7, 11) is -1.88. The summed E-state index contributed by atoms with van der Waals surface area (Å²) in [5.41, 5.74) is 0. The summed E-state index contributed by atoms with van der Waals surface area (Å²) in [5.74, 6) is 0.453. The highest BCUT2D eigenvalue weighted by Crippen LogP contribution is 2.25. The van der Waals surface area contributed by atoms with Gasteiger partial charge >= 0.3 is 8.25 Å². The molecule has 0 spiro atoms. The Morgan fingerprint density at radius 1 is 1.31 bits per heavy atom. The molecule has 0 rings (SSSR count). The van der Waals surface area contributed by atoms with Crippen LogP contribution in [0.25, 0.3) is 0 Å². The molecule has 0 aliphatic rings. The molecule has 13 heavy (non-hydrogen) atoms. The van der Waals surface area contributed by atoms with Crippen molar-refractivity contribution in [2.75, 3.05) is 13.2 Å². The maximum atomic E-state index is 11.0. The first-order valence-corrected chi connectivity index (χ1v) is 6.03. The molecule has 0 fully saturated rings. The summed E-state index contributed by atoms with van der Waals surface area (Å²) >= 11 is 0. The van der Waals surface area contributed by atoms with Crippen LogP contribution >= 0.6 is 8.25 Å². The quantitative estimate of drug-likeness (QED) is 0.451. The van der Waals surface area contributed by atoms with Gasteiger partial charge in [-0.05, 0) is 12.3 Å². The normalized spacial score (nSPS) is 14.2. The Bertz CT molecular complexity index is 139. The fourth-order valence-electron chi connectivity index (χ4n) is 0.627. The number of rotatable bonds is 8. The van der Waals surface area contributed by atoms with Crippen molar-refractivity contribution in [2.24, 2.45) is 5.92 Å². The first-order valence-electron chi connectivity index (χ1n) is 4.93. The maximum Gasteiger partial charge on any atom is 0.697 e. The Hall–Kier alpha value is 0.0200. The van der Waals surface area contributed by atoms with Gasteiger partial charge in [0.05, 0.1) is 0 Å². The maximum absolute atomic E-state index is 11.0. The molecule has 0 N–H and O–H groups in total. The van der Waals surface area contributed by atoms with E-state index in [2.05, 4.69) is 20.8 Å². The molecule has 0 aromatic rings. The van der Waals surface area contributed by atoms with Gasteiger partial charge in [0.15, 0.2) is 0 Å². The van der Waals surface area contributed by atoms with Crippen molar-refractivity contribution in [1.82, 2.24) is 0 Å². The number of hydrogen-bond acceptors (Lipinski definition) is 3. The van der Waals surface area contributed by atoms with Gasteiger partial charge in [0.2, 0.25) is 0 Å². The SMILES string of the molecule is CCCCO[P+](=O)OCC(C)CC. The summed E-state index contributed by atoms with van der Waals surface area (Å²) in [5, 5.41) is 0. The third-order valence-electron chi connectivity index (χ3n) is 1.86. The first-order chi connectivity index (χ1) is 6.20. The molecule has 2 atom stereocenters. The van der Waals surface area contributed by atoms with Crippen LogP contribution in [0.15, 0.2) is 0 Å². The summed E-state index contributed by atoms with van der Waals surface area (Å²) in [6.45, 7) is 7.27. The lowest BCUT2D eigenvalue weighted by Crippen LogP contribution is -2.00. The van der Waals surface area contributed by atoms with Crippen LogP contribution < -0.4 is 0 Å². The summed E-state index contributed by atoms with van der Waals surface area (Å²) in [4.78, 5) is 0. The van der Waals surface area contributed by atoms with Crippen molar-refractivity contribution in [1.29, 1.82) is 0 Å². The Kier molecular flexibility index (Phi) is 8.62. The van der Waals surface area contributed by atoms with E-state index in [1.807, 2.05) is 0 Å². The van der Waals surface area contributed by atoms with Crippen LogP contribution in [0.5, 0.6) is 0 Å². The van der Waals surface area contributed by atoms with Gasteiger partial charge < -0.3 is 0 Å². The largest absolute Gasteiger partial charge is 0.697 e. The van der Waals surface area contributed by atoms with E-state index in [1.165, 1.54) is 0 Å². The molecular formula is C9H20O3P+. The molecule has 0 saturated carbocycles. The van der Waals surface area contributed by atoms with E-state index < -0.39 is 8.25 Å². The van der Waals surface area contributed by atoms with E-state index in [9.17, 15) is 4.57 Å². The first kappa shape index (κ1) is 13.0. The minimum atomic E-state index is -1.88. The van der Waals surface area contributed by atoms with Gasteiger partial charge in [0.25, 0.3) is 0 Å². The minimum Gasteiger partial charge on any atom is -0.119 e. The Labute approximate surface area is 81.8 Å². The topological polar surface area (TPSA) is 35.5 Å². The molecule has 78 valence electrons. The molecule has 2 unspecified atom stereocenters. The molecule has 0 aliphatic heterocycles. The predicted molar refractivity (Wildman–Crippen MR) is 53.9 cm³/mol. The lowest BCUT2D eigenvalue weighted by Gasteiger charge is -2.00. The van der Waals surface area contributed by atoms with Crippen molar-refractivity contribution in [3.05, 3.63) is 0 Å². The van der Waals surface area contributed by atoms with Crippen LogP contribution in [0.4, 0.5) is 0 Å². The van der Waals surface area contributed by atoms with Gasteiger partial charge in [-0.25, -0.2) is 0 Å². The second kappa shape index (κ2) is 8.61. The second-order valence-electron chi connectivity index (χ2n) is 3.22. The van der Waals surface area contributed by atoms with Crippen LogP contribution in [-0.2, 0) is 13.6 Å². The van der Waals surface area contributed by atoms with Gasteiger partial charge in [0, 0.05) is 4.57 Å². The number of unbranched alkanes of at least 4 members (excludes halogenated alkanes) is 1. The summed E-state index contributed by atoms with van der Waals surface area (Å²) in [6.07, 6.45) is 3.03. The Morgan fingerprint density at radius 3 is 2.54 bits per heavy atom.